The number of hydrogen-bond donors (Lipinski definition) is 2. The van der Waals surface area contributed by atoms with Crippen LogP contribution in [0.15, 0.2) is 0 Å². The molecule has 0 aromatic rings. The van der Waals surface area contributed by atoms with Crippen molar-refractivity contribution in [1.29, 1.82) is 0 Å². The van der Waals surface area contributed by atoms with Crippen LogP contribution in [0.3, 0.4) is 0 Å². The third-order valence-electron chi connectivity index (χ3n) is 1.000. The molecule has 0 spiro atoms. The van der Waals surface area contributed by atoms with Gasteiger partial charge in [-0.05, 0) is 0 Å². The summed E-state index contributed by atoms with van der Waals surface area (Å²) in [6, 6.07) is -0.833. The predicted molar refractivity (Wildman–Crippen MR) is 32.2 cm³/mol. The Morgan fingerprint density at radius 3 is 1.12 bits per heavy atom. The maximum atomic E-state index is 9.00. The molecule has 8 heavy (non-hydrogen) atoms. The second-order valence-corrected chi connectivity index (χ2v) is 1.82. The number of carbonyl (C=O) groups is 1. The van der Waals surface area contributed by atoms with Gasteiger partial charge in [0.2, 0.25) is 0 Å². The van der Waals surface area contributed by atoms with Crippen molar-refractivity contribution in [3.63, 3.8) is 0 Å². The predicted octanol–water partition coefficient (Wildman–Crippen LogP) is 0.584. The lowest BCUT2D eigenvalue weighted by atomic mass is 10.0. The Labute approximate surface area is 49.0 Å². The van der Waals surface area contributed by atoms with Crippen LogP contribution < -0.4 is 11.5 Å². The second kappa shape index (κ2) is 4.43. The van der Waals surface area contributed by atoms with Crippen molar-refractivity contribution < 1.29 is 4.79 Å². The first-order valence-electron chi connectivity index (χ1n) is 2.78. The van der Waals surface area contributed by atoms with Crippen molar-refractivity contribution in [3.8, 4) is 0 Å². The number of amides is 2. The van der Waals surface area contributed by atoms with Crippen LogP contribution in [0.5, 0.6) is 0 Å². The average molecular weight is 116 g/mol. The Morgan fingerprint density at radius 2 is 1.12 bits per heavy atom. The lowest BCUT2D eigenvalue weighted by molar-refractivity contribution is 0.256. The highest BCUT2D eigenvalue weighted by Gasteiger charge is 1.95. The highest BCUT2D eigenvalue weighted by Crippen LogP contribution is 2.15. The van der Waals surface area contributed by atoms with Crippen molar-refractivity contribution in [2.75, 3.05) is 0 Å². The molecule has 0 saturated heterocycles. The molecule has 0 bridgehead atoms. The van der Waals surface area contributed by atoms with Crippen molar-refractivity contribution in [2.45, 2.75) is 25.7 Å². The van der Waals surface area contributed by atoms with Gasteiger partial charge < -0.3 is 11.5 Å². The maximum absolute atomic E-state index is 9.00. The van der Waals surface area contributed by atoms with Crippen LogP contribution in [0, 0.1) is 0 Å². The van der Waals surface area contributed by atoms with E-state index in [1.165, 1.54) is 25.7 Å². The van der Waals surface area contributed by atoms with Gasteiger partial charge in [0.1, 0.15) is 0 Å². The van der Waals surface area contributed by atoms with Crippen LogP contribution in [0.2, 0.25) is 0 Å². The summed E-state index contributed by atoms with van der Waals surface area (Å²) in [4.78, 5) is 9.00. The number of urea groups is 1. The van der Waals surface area contributed by atoms with E-state index in [9.17, 15) is 0 Å². The van der Waals surface area contributed by atoms with Gasteiger partial charge in [0.05, 0.1) is 0 Å². The zero-order valence-corrected chi connectivity index (χ0v) is 4.89. The monoisotopic (exact) mass is 116 g/mol. The number of carbonyl (C=O) groups excluding carboxylic acids is 1. The van der Waals surface area contributed by atoms with Crippen LogP contribution in [0.1, 0.15) is 25.7 Å². The molecule has 0 heterocycles. The van der Waals surface area contributed by atoms with E-state index in [0.717, 1.165) is 0 Å². The number of nitrogens with two attached hydrogens (primary N) is 2. The van der Waals surface area contributed by atoms with E-state index in [2.05, 4.69) is 11.5 Å². The van der Waals surface area contributed by atoms with E-state index >= 15 is 0 Å². The van der Waals surface area contributed by atoms with Gasteiger partial charge in [-0.2, -0.15) is 0 Å². The van der Waals surface area contributed by atoms with Gasteiger partial charge >= 0.3 is 6.03 Å². The lowest BCUT2D eigenvalue weighted by Gasteiger charge is -2.05. The molecule has 1 rings (SSSR count). The summed E-state index contributed by atoms with van der Waals surface area (Å²) < 4.78 is 0. The Morgan fingerprint density at radius 1 is 1.00 bits per heavy atom. The van der Waals surface area contributed by atoms with E-state index in [1.807, 2.05) is 0 Å². The quantitative estimate of drug-likeness (QED) is 0.477. The summed E-state index contributed by atoms with van der Waals surface area (Å²) in [5, 5.41) is 0. The van der Waals surface area contributed by atoms with Gasteiger partial charge in [-0.1, -0.05) is 25.7 Å². The van der Waals surface area contributed by atoms with E-state index < -0.39 is 6.03 Å². The standard InChI is InChI=1S/C4H8.CH4N2O/c1-2-4-3-1;2-1(3)4/h1-4H2;(H4,2,3,4). The molecule has 3 nitrogen and oxygen atoms in total. The number of rotatable bonds is 0. The van der Waals surface area contributed by atoms with E-state index in [4.69, 9.17) is 4.79 Å². The molecular formula is C5H12N2O. The minimum Gasteiger partial charge on any atom is -0.352 e. The Hall–Kier alpha value is -0.730. The molecule has 0 aliphatic heterocycles. The topological polar surface area (TPSA) is 69.1 Å². The highest BCUT2D eigenvalue weighted by molar-refractivity contribution is 5.69. The van der Waals surface area contributed by atoms with E-state index in [1.54, 1.807) is 0 Å². The van der Waals surface area contributed by atoms with Crippen LogP contribution in [-0.4, -0.2) is 6.03 Å². The van der Waals surface area contributed by atoms with Gasteiger partial charge in [0, 0.05) is 0 Å². The third kappa shape index (κ3) is 8.99. The van der Waals surface area contributed by atoms with Crippen molar-refractivity contribution in [3.05, 3.63) is 0 Å². The fourth-order valence-corrected chi connectivity index (χ4v) is 0.250. The summed E-state index contributed by atoms with van der Waals surface area (Å²) in [5.74, 6) is 0. The zero-order valence-electron chi connectivity index (χ0n) is 4.89. The normalized spacial score (nSPS) is 15.0. The lowest BCUT2D eigenvalue weighted by Crippen LogP contribution is -2.18. The Kier molecular flexibility index (Phi) is 4.03. The fraction of sp³-hybridized carbons (Fsp3) is 0.800. The van der Waals surface area contributed by atoms with Crippen LogP contribution >= 0.6 is 0 Å². The Bertz CT molecular complexity index is 60.8. The molecule has 2 amide bonds. The first-order valence-corrected chi connectivity index (χ1v) is 2.78. The molecule has 0 radical (unpaired) electrons. The highest BCUT2D eigenvalue weighted by atomic mass is 16.2. The zero-order chi connectivity index (χ0) is 6.41. The fourth-order valence-electron chi connectivity index (χ4n) is 0.250. The molecule has 0 atom stereocenters. The van der Waals surface area contributed by atoms with Crippen molar-refractivity contribution in [1.82, 2.24) is 0 Å². The van der Waals surface area contributed by atoms with Gasteiger partial charge in [0.15, 0.2) is 0 Å². The molecule has 3 heteroatoms. The van der Waals surface area contributed by atoms with Crippen molar-refractivity contribution >= 4 is 6.03 Å². The molecule has 1 saturated carbocycles. The summed E-state index contributed by atoms with van der Waals surface area (Å²) in [6.45, 7) is 0. The van der Waals surface area contributed by atoms with Gasteiger partial charge in [0.25, 0.3) is 0 Å². The largest absolute Gasteiger partial charge is 0.352 e. The van der Waals surface area contributed by atoms with Crippen molar-refractivity contribution in [2.24, 2.45) is 11.5 Å². The van der Waals surface area contributed by atoms with Crippen LogP contribution in [0.25, 0.3) is 0 Å². The summed E-state index contributed by atoms with van der Waals surface area (Å²) >= 11 is 0. The smallest absolute Gasteiger partial charge is 0.309 e. The Balaban J connectivity index is 0.000000122. The summed E-state index contributed by atoms with van der Waals surface area (Å²) in [6.07, 6.45) is 6.00. The third-order valence-corrected chi connectivity index (χ3v) is 1.000. The number of primary amides is 2. The molecule has 1 aliphatic rings. The summed E-state index contributed by atoms with van der Waals surface area (Å²) in [5.41, 5.74) is 8.50. The molecule has 4 N–H and O–H groups in total. The SMILES string of the molecule is C1CCC1.NC(N)=O. The summed E-state index contributed by atoms with van der Waals surface area (Å²) in [7, 11) is 0. The second-order valence-electron chi connectivity index (χ2n) is 1.82. The molecular weight excluding hydrogens is 104 g/mol. The first-order chi connectivity index (χ1) is 3.73. The van der Waals surface area contributed by atoms with Crippen LogP contribution in [-0.2, 0) is 0 Å². The molecule has 1 aliphatic carbocycles. The van der Waals surface area contributed by atoms with Crippen LogP contribution in [0.4, 0.5) is 4.79 Å². The molecule has 0 unspecified atom stereocenters. The molecule has 1 fully saturated rings. The van der Waals surface area contributed by atoms with Gasteiger partial charge in [-0.3, -0.25) is 0 Å². The van der Waals surface area contributed by atoms with E-state index in [-0.39, 0.29) is 0 Å². The molecule has 48 valence electrons. The first kappa shape index (κ1) is 7.27. The minimum atomic E-state index is -0.833. The van der Waals surface area contributed by atoms with Gasteiger partial charge in [-0.25, -0.2) is 4.79 Å². The maximum Gasteiger partial charge on any atom is 0.309 e. The number of hydrogen-bond acceptors (Lipinski definition) is 1. The van der Waals surface area contributed by atoms with E-state index in [0.29, 0.717) is 0 Å². The minimum absolute atomic E-state index is 0.833. The molecule has 0 aromatic heterocycles. The van der Waals surface area contributed by atoms with Gasteiger partial charge in [-0.15, -0.1) is 0 Å². The molecule has 0 aromatic carbocycles. The average Bonchev–Trinajstić information content (AvgIpc) is 1.19.